The van der Waals surface area contributed by atoms with E-state index in [1.165, 1.54) is 53.7 Å². The Morgan fingerprint density at radius 2 is 1.90 bits per heavy atom. The molecule has 1 aliphatic carbocycles. The fourth-order valence-electron chi connectivity index (χ4n) is 3.11. The molecule has 20 heavy (non-hydrogen) atoms. The van der Waals surface area contributed by atoms with Crippen molar-refractivity contribution >= 4 is 11.3 Å². The zero-order valence-corrected chi connectivity index (χ0v) is 13.2. The highest BCUT2D eigenvalue weighted by Crippen LogP contribution is 2.34. The molecule has 0 saturated heterocycles. The number of hydrogen-bond donors (Lipinski definition) is 1. The molecule has 2 N–H and O–H groups in total. The average molecular weight is 285 g/mol. The predicted octanol–water partition coefficient (Wildman–Crippen LogP) is 4.68. The summed E-state index contributed by atoms with van der Waals surface area (Å²) >= 11 is 1.94. The molecular weight excluding hydrogens is 262 g/mol. The van der Waals surface area contributed by atoms with Gasteiger partial charge in [-0.3, -0.25) is 0 Å². The van der Waals surface area contributed by atoms with Crippen molar-refractivity contribution in [1.82, 2.24) is 0 Å². The average Bonchev–Trinajstić information content (AvgIpc) is 2.72. The van der Waals surface area contributed by atoms with Crippen LogP contribution >= 0.6 is 11.3 Å². The van der Waals surface area contributed by atoms with Crippen molar-refractivity contribution in [3.05, 3.63) is 56.3 Å². The number of fused-ring (bicyclic) bond motifs is 1. The van der Waals surface area contributed by atoms with Crippen molar-refractivity contribution in [3.8, 4) is 0 Å². The van der Waals surface area contributed by atoms with E-state index in [0.29, 0.717) is 0 Å². The molecule has 2 aromatic rings. The normalized spacial score (nSPS) is 16.6. The van der Waals surface area contributed by atoms with Gasteiger partial charge in [-0.2, -0.15) is 0 Å². The minimum Gasteiger partial charge on any atom is -0.320 e. The summed E-state index contributed by atoms with van der Waals surface area (Å²) in [7, 11) is 0. The van der Waals surface area contributed by atoms with E-state index in [1.807, 2.05) is 11.3 Å². The molecule has 1 nitrogen and oxygen atoms in total. The van der Waals surface area contributed by atoms with Crippen LogP contribution in [0.3, 0.4) is 0 Å². The summed E-state index contributed by atoms with van der Waals surface area (Å²) in [4.78, 5) is 2.92. The molecule has 0 radical (unpaired) electrons. The number of hydrogen-bond acceptors (Lipinski definition) is 2. The number of aryl methyl sites for hydroxylation is 3. The molecule has 1 atom stereocenters. The zero-order valence-electron chi connectivity index (χ0n) is 12.4. The molecule has 0 saturated carbocycles. The van der Waals surface area contributed by atoms with E-state index in [1.54, 1.807) is 10.4 Å². The third kappa shape index (κ3) is 2.55. The minimum absolute atomic E-state index is 0.0341. The lowest BCUT2D eigenvalue weighted by molar-refractivity contribution is 0.712. The van der Waals surface area contributed by atoms with E-state index in [2.05, 4.69) is 38.1 Å². The Morgan fingerprint density at radius 3 is 2.75 bits per heavy atom. The van der Waals surface area contributed by atoms with Crippen LogP contribution in [0.2, 0.25) is 0 Å². The topological polar surface area (TPSA) is 26.0 Å². The van der Waals surface area contributed by atoms with Crippen LogP contribution in [-0.4, -0.2) is 0 Å². The molecule has 0 bridgehead atoms. The van der Waals surface area contributed by atoms with E-state index in [0.717, 1.165) is 0 Å². The summed E-state index contributed by atoms with van der Waals surface area (Å²) in [5, 5.41) is 0. The van der Waals surface area contributed by atoms with Gasteiger partial charge in [0.05, 0.1) is 6.04 Å². The lowest BCUT2D eigenvalue weighted by atomic mass is 9.96. The largest absolute Gasteiger partial charge is 0.320 e. The molecular formula is C18H23NS. The van der Waals surface area contributed by atoms with E-state index < -0.39 is 0 Å². The Balaban J connectivity index is 1.94. The molecule has 1 unspecified atom stereocenters. The summed E-state index contributed by atoms with van der Waals surface area (Å²) < 4.78 is 0. The van der Waals surface area contributed by atoms with Gasteiger partial charge >= 0.3 is 0 Å². The smallest absolute Gasteiger partial charge is 0.0648 e. The second-order valence-electron chi connectivity index (χ2n) is 5.92. The van der Waals surface area contributed by atoms with Gasteiger partial charge in [0.15, 0.2) is 0 Å². The van der Waals surface area contributed by atoms with Gasteiger partial charge in [-0.25, -0.2) is 0 Å². The predicted molar refractivity (Wildman–Crippen MR) is 87.5 cm³/mol. The third-order valence-corrected chi connectivity index (χ3v) is 5.87. The summed E-state index contributed by atoms with van der Waals surface area (Å²) in [5.74, 6) is 0. The highest BCUT2D eigenvalue weighted by Gasteiger charge is 2.18. The van der Waals surface area contributed by atoms with Gasteiger partial charge in [0, 0.05) is 9.75 Å². The number of rotatable bonds is 2. The van der Waals surface area contributed by atoms with Crippen LogP contribution in [0, 0.1) is 13.8 Å². The fraction of sp³-hybridized carbons (Fsp3) is 0.444. The van der Waals surface area contributed by atoms with Crippen molar-refractivity contribution in [3.63, 3.8) is 0 Å². The molecule has 3 rings (SSSR count). The first kappa shape index (κ1) is 13.8. The molecule has 2 heteroatoms. The highest BCUT2D eigenvalue weighted by atomic mass is 32.1. The zero-order chi connectivity index (χ0) is 14.1. The minimum atomic E-state index is 0.0341. The van der Waals surface area contributed by atoms with Gasteiger partial charge in [0.2, 0.25) is 0 Å². The van der Waals surface area contributed by atoms with Gasteiger partial charge in [-0.15, -0.1) is 11.3 Å². The van der Waals surface area contributed by atoms with Crippen LogP contribution in [0.15, 0.2) is 24.3 Å². The summed E-state index contributed by atoms with van der Waals surface area (Å²) in [6.07, 6.45) is 6.54. The van der Waals surface area contributed by atoms with Crippen LogP contribution in [-0.2, 0) is 12.8 Å². The van der Waals surface area contributed by atoms with E-state index in [4.69, 9.17) is 5.73 Å². The van der Waals surface area contributed by atoms with Crippen LogP contribution < -0.4 is 5.73 Å². The fourth-order valence-corrected chi connectivity index (χ4v) is 4.39. The maximum atomic E-state index is 6.55. The quantitative estimate of drug-likeness (QED) is 0.796. The van der Waals surface area contributed by atoms with E-state index in [9.17, 15) is 0 Å². The SMILES string of the molecule is Cc1cccc(C(N)c2cc3c(s2)CCCCC3)c1C. The summed E-state index contributed by atoms with van der Waals surface area (Å²) in [5.41, 5.74) is 12.1. The third-order valence-electron chi connectivity index (χ3n) is 4.55. The van der Waals surface area contributed by atoms with Crippen molar-refractivity contribution in [2.24, 2.45) is 5.73 Å². The first-order valence-corrected chi connectivity index (χ1v) is 8.41. The second kappa shape index (κ2) is 5.71. The van der Waals surface area contributed by atoms with Gasteiger partial charge in [0.1, 0.15) is 0 Å². The lowest BCUT2D eigenvalue weighted by Gasteiger charge is -2.15. The Labute approximate surface area is 125 Å². The number of benzene rings is 1. The highest BCUT2D eigenvalue weighted by molar-refractivity contribution is 7.12. The molecule has 0 spiro atoms. The molecule has 0 fully saturated rings. The number of thiophene rings is 1. The second-order valence-corrected chi connectivity index (χ2v) is 7.09. The summed E-state index contributed by atoms with van der Waals surface area (Å²) in [6.45, 7) is 4.35. The first-order valence-electron chi connectivity index (χ1n) is 7.60. The molecule has 1 aromatic carbocycles. The van der Waals surface area contributed by atoms with Crippen molar-refractivity contribution in [2.75, 3.05) is 0 Å². The van der Waals surface area contributed by atoms with Gasteiger partial charge in [-0.1, -0.05) is 24.6 Å². The Kier molecular flexibility index (Phi) is 3.95. The molecule has 1 heterocycles. The number of nitrogens with two attached hydrogens (primary N) is 1. The molecule has 0 amide bonds. The first-order chi connectivity index (χ1) is 9.66. The Hall–Kier alpha value is -1.12. The molecule has 0 aliphatic heterocycles. The molecule has 1 aliphatic rings. The molecule has 106 valence electrons. The lowest BCUT2D eigenvalue weighted by Crippen LogP contribution is -2.12. The summed E-state index contributed by atoms with van der Waals surface area (Å²) in [6, 6.07) is 8.87. The van der Waals surface area contributed by atoms with E-state index >= 15 is 0 Å². The monoisotopic (exact) mass is 285 g/mol. The Morgan fingerprint density at radius 1 is 1.10 bits per heavy atom. The Bertz CT molecular complexity index is 588. The van der Waals surface area contributed by atoms with Crippen LogP contribution in [0.1, 0.15) is 57.3 Å². The molecule has 1 aromatic heterocycles. The van der Waals surface area contributed by atoms with Crippen molar-refractivity contribution in [2.45, 2.75) is 52.0 Å². The van der Waals surface area contributed by atoms with Crippen molar-refractivity contribution < 1.29 is 0 Å². The van der Waals surface area contributed by atoms with Crippen molar-refractivity contribution in [1.29, 1.82) is 0 Å². The maximum Gasteiger partial charge on any atom is 0.0648 e. The van der Waals surface area contributed by atoms with E-state index in [-0.39, 0.29) is 6.04 Å². The standard InChI is InChI=1S/C18H23NS/c1-12-7-6-9-15(13(12)2)18(19)17-11-14-8-4-3-5-10-16(14)20-17/h6-7,9,11,18H,3-5,8,10,19H2,1-2H3. The van der Waals surface area contributed by atoms with Gasteiger partial charge in [0.25, 0.3) is 0 Å². The van der Waals surface area contributed by atoms with Crippen LogP contribution in [0.25, 0.3) is 0 Å². The van der Waals surface area contributed by atoms with Gasteiger partial charge in [-0.05, 0) is 67.9 Å². The van der Waals surface area contributed by atoms with Crippen LogP contribution in [0.5, 0.6) is 0 Å². The van der Waals surface area contributed by atoms with Crippen LogP contribution in [0.4, 0.5) is 0 Å². The van der Waals surface area contributed by atoms with Gasteiger partial charge < -0.3 is 5.73 Å². The maximum absolute atomic E-state index is 6.55.